The molecule has 2 heterocycles. The van der Waals surface area contributed by atoms with E-state index in [9.17, 15) is 0 Å². The molecule has 2 rings (SSSR count). The minimum absolute atomic E-state index is 0.671. The number of hydrogen-bond donors (Lipinski definition) is 0. The molecule has 0 unspecified atom stereocenters. The predicted molar refractivity (Wildman–Crippen MR) is 70.4 cm³/mol. The molecule has 0 N–H and O–H groups in total. The first-order valence-corrected chi connectivity index (χ1v) is 6.35. The summed E-state index contributed by atoms with van der Waals surface area (Å²) in [5, 5.41) is 0. The molecule has 0 saturated carbocycles. The number of rotatable bonds is 4. The van der Waals surface area contributed by atoms with Crippen LogP contribution in [0.5, 0.6) is 0 Å². The van der Waals surface area contributed by atoms with Crippen molar-refractivity contribution < 1.29 is 0 Å². The molecule has 0 radical (unpaired) electrons. The molecule has 0 bridgehead atoms. The number of nitrogens with zero attached hydrogens (tertiary/aromatic N) is 4. The lowest BCUT2D eigenvalue weighted by atomic mass is 10.2. The second-order valence-electron chi connectivity index (χ2n) is 4.26. The summed E-state index contributed by atoms with van der Waals surface area (Å²) in [6.07, 6.45) is 4.27. The summed E-state index contributed by atoms with van der Waals surface area (Å²) in [5.74, 6) is 1.71. The highest BCUT2D eigenvalue weighted by Crippen LogP contribution is 2.07. The van der Waals surface area contributed by atoms with E-state index in [0.717, 1.165) is 41.6 Å². The molecular formula is C14H18N4. The zero-order valence-corrected chi connectivity index (χ0v) is 11.1. The molecule has 0 aliphatic rings. The molecule has 0 atom stereocenters. The van der Waals surface area contributed by atoms with Gasteiger partial charge in [-0.1, -0.05) is 13.8 Å². The van der Waals surface area contributed by atoms with E-state index in [0.29, 0.717) is 6.42 Å². The van der Waals surface area contributed by atoms with Crippen molar-refractivity contribution in [1.82, 2.24) is 19.9 Å². The van der Waals surface area contributed by atoms with Crippen LogP contribution in [0.15, 0.2) is 18.3 Å². The lowest BCUT2D eigenvalue weighted by Crippen LogP contribution is -2.04. The summed E-state index contributed by atoms with van der Waals surface area (Å²) in [6, 6.07) is 3.95. The van der Waals surface area contributed by atoms with Crippen molar-refractivity contribution >= 4 is 0 Å². The minimum atomic E-state index is 0.671. The quantitative estimate of drug-likeness (QED) is 0.825. The Morgan fingerprint density at radius 3 is 2.44 bits per heavy atom. The van der Waals surface area contributed by atoms with Gasteiger partial charge in [-0.15, -0.1) is 0 Å². The van der Waals surface area contributed by atoms with Crippen molar-refractivity contribution in [3.05, 3.63) is 47.1 Å². The fraction of sp³-hybridized carbons (Fsp3) is 0.429. The van der Waals surface area contributed by atoms with Crippen LogP contribution in [0.3, 0.4) is 0 Å². The highest BCUT2D eigenvalue weighted by Gasteiger charge is 2.05. The van der Waals surface area contributed by atoms with Crippen molar-refractivity contribution in [3.63, 3.8) is 0 Å². The monoisotopic (exact) mass is 242 g/mol. The van der Waals surface area contributed by atoms with E-state index in [1.807, 2.05) is 25.3 Å². The molecule has 0 aliphatic heterocycles. The maximum atomic E-state index is 4.51. The zero-order valence-electron chi connectivity index (χ0n) is 11.1. The van der Waals surface area contributed by atoms with E-state index in [2.05, 4.69) is 33.8 Å². The Balaban J connectivity index is 2.24. The van der Waals surface area contributed by atoms with Gasteiger partial charge < -0.3 is 0 Å². The van der Waals surface area contributed by atoms with Gasteiger partial charge in [-0.25, -0.2) is 19.9 Å². The normalized spacial score (nSPS) is 10.6. The third kappa shape index (κ3) is 3.09. The molecule has 0 aliphatic carbocycles. The molecule has 2 aromatic rings. The first kappa shape index (κ1) is 12.6. The lowest BCUT2D eigenvalue weighted by Gasteiger charge is -2.05. The van der Waals surface area contributed by atoms with Crippen molar-refractivity contribution in [3.8, 4) is 0 Å². The van der Waals surface area contributed by atoms with Crippen LogP contribution in [0.25, 0.3) is 0 Å². The Labute approximate surface area is 108 Å². The van der Waals surface area contributed by atoms with Crippen LogP contribution in [0.2, 0.25) is 0 Å². The maximum Gasteiger partial charge on any atom is 0.134 e. The van der Waals surface area contributed by atoms with Gasteiger partial charge >= 0.3 is 0 Å². The van der Waals surface area contributed by atoms with Crippen LogP contribution in [-0.2, 0) is 19.3 Å². The van der Waals surface area contributed by atoms with Crippen LogP contribution < -0.4 is 0 Å². The van der Waals surface area contributed by atoms with Gasteiger partial charge in [-0.2, -0.15) is 0 Å². The summed E-state index contributed by atoms with van der Waals surface area (Å²) in [7, 11) is 0. The first-order valence-electron chi connectivity index (χ1n) is 6.35. The standard InChI is InChI=1S/C14H18N4/c1-4-11-6-7-15-14(17-11)9-12-8-10(3)16-13(5-2)18-12/h6-8H,4-5,9H2,1-3H3. The fourth-order valence-corrected chi connectivity index (χ4v) is 1.83. The summed E-state index contributed by atoms with van der Waals surface area (Å²) in [6.45, 7) is 6.15. The van der Waals surface area contributed by atoms with Crippen LogP contribution in [0.1, 0.15) is 42.6 Å². The van der Waals surface area contributed by atoms with E-state index in [4.69, 9.17) is 0 Å². The molecule has 18 heavy (non-hydrogen) atoms. The van der Waals surface area contributed by atoms with Gasteiger partial charge in [0.2, 0.25) is 0 Å². The molecule has 0 amide bonds. The Hall–Kier alpha value is -1.84. The number of hydrogen-bond acceptors (Lipinski definition) is 4. The average Bonchev–Trinajstić information content (AvgIpc) is 2.38. The van der Waals surface area contributed by atoms with Crippen molar-refractivity contribution in [2.75, 3.05) is 0 Å². The maximum absolute atomic E-state index is 4.51. The van der Waals surface area contributed by atoms with Crippen LogP contribution >= 0.6 is 0 Å². The molecular weight excluding hydrogens is 224 g/mol. The van der Waals surface area contributed by atoms with Crippen molar-refractivity contribution in [2.24, 2.45) is 0 Å². The molecule has 4 heteroatoms. The fourth-order valence-electron chi connectivity index (χ4n) is 1.83. The van der Waals surface area contributed by atoms with Crippen molar-refractivity contribution in [2.45, 2.75) is 40.0 Å². The van der Waals surface area contributed by atoms with Crippen LogP contribution in [0, 0.1) is 6.92 Å². The summed E-state index contributed by atoms with van der Waals surface area (Å²) < 4.78 is 0. The first-order chi connectivity index (χ1) is 8.71. The van der Waals surface area contributed by atoms with E-state index in [1.54, 1.807) is 0 Å². The molecule has 0 spiro atoms. The molecule has 0 fully saturated rings. The molecule has 0 saturated heterocycles. The second kappa shape index (κ2) is 5.67. The van der Waals surface area contributed by atoms with Gasteiger partial charge in [-0.3, -0.25) is 0 Å². The largest absolute Gasteiger partial charge is 0.241 e. The number of aromatic nitrogens is 4. The summed E-state index contributed by atoms with van der Waals surface area (Å²) in [5.41, 5.74) is 3.07. The second-order valence-corrected chi connectivity index (χ2v) is 4.26. The Morgan fingerprint density at radius 1 is 0.944 bits per heavy atom. The van der Waals surface area contributed by atoms with Gasteiger partial charge in [0.15, 0.2) is 0 Å². The molecule has 2 aromatic heterocycles. The third-order valence-corrected chi connectivity index (χ3v) is 2.73. The van der Waals surface area contributed by atoms with Crippen molar-refractivity contribution in [1.29, 1.82) is 0 Å². The Kier molecular flexibility index (Phi) is 3.97. The van der Waals surface area contributed by atoms with E-state index >= 15 is 0 Å². The van der Waals surface area contributed by atoms with E-state index in [-0.39, 0.29) is 0 Å². The molecule has 94 valence electrons. The zero-order chi connectivity index (χ0) is 13.0. The lowest BCUT2D eigenvalue weighted by molar-refractivity contribution is 0.842. The van der Waals surface area contributed by atoms with Crippen LogP contribution in [0.4, 0.5) is 0 Å². The summed E-state index contributed by atoms with van der Waals surface area (Å²) >= 11 is 0. The van der Waals surface area contributed by atoms with Gasteiger partial charge in [0.05, 0.1) is 12.1 Å². The summed E-state index contributed by atoms with van der Waals surface area (Å²) in [4.78, 5) is 17.7. The SMILES string of the molecule is CCc1ccnc(Cc2cc(C)nc(CC)n2)n1. The average molecular weight is 242 g/mol. The molecule has 0 aromatic carbocycles. The highest BCUT2D eigenvalue weighted by atomic mass is 14.9. The van der Waals surface area contributed by atoms with E-state index in [1.165, 1.54) is 0 Å². The van der Waals surface area contributed by atoms with Gasteiger partial charge in [-0.05, 0) is 25.5 Å². The van der Waals surface area contributed by atoms with E-state index < -0.39 is 0 Å². The molecule has 4 nitrogen and oxygen atoms in total. The smallest absolute Gasteiger partial charge is 0.134 e. The van der Waals surface area contributed by atoms with Crippen LogP contribution in [-0.4, -0.2) is 19.9 Å². The number of aryl methyl sites for hydroxylation is 3. The van der Waals surface area contributed by atoms with Gasteiger partial charge in [0.1, 0.15) is 11.6 Å². The Bertz CT molecular complexity index is 537. The predicted octanol–water partition coefficient (Wildman–Crippen LogP) is 2.29. The third-order valence-electron chi connectivity index (χ3n) is 2.73. The topological polar surface area (TPSA) is 51.6 Å². The Morgan fingerprint density at radius 2 is 1.72 bits per heavy atom. The van der Waals surface area contributed by atoms with Gasteiger partial charge in [0, 0.05) is 24.0 Å². The minimum Gasteiger partial charge on any atom is -0.241 e. The highest BCUT2D eigenvalue weighted by molar-refractivity contribution is 5.15. The van der Waals surface area contributed by atoms with Gasteiger partial charge in [0.25, 0.3) is 0 Å².